The lowest BCUT2D eigenvalue weighted by Gasteiger charge is -2.18. The van der Waals surface area contributed by atoms with Crippen LogP contribution in [0.4, 0.5) is 0 Å². The van der Waals surface area contributed by atoms with Gasteiger partial charge in [-0.2, -0.15) is 0 Å². The van der Waals surface area contributed by atoms with Crippen LogP contribution in [0, 0.1) is 19.8 Å². The van der Waals surface area contributed by atoms with Gasteiger partial charge in [0.05, 0.1) is 0 Å². The van der Waals surface area contributed by atoms with E-state index in [2.05, 4.69) is 49.9 Å². The van der Waals surface area contributed by atoms with E-state index in [1.165, 1.54) is 5.56 Å². The molecule has 0 aliphatic carbocycles. The van der Waals surface area contributed by atoms with E-state index in [0.29, 0.717) is 5.92 Å². The molecular weight excluding hydrogens is 250 g/mol. The average molecular weight is 279 g/mol. The van der Waals surface area contributed by atoms with E-state index in [1.54, 1.807) is 7.11 Å². The highest BCUT2D eigenvalue weighted by molar-refractivity contribution is 5.25. The maximum absolute atomic E-state index is 5.43. The van der Waals surface area contributed by atoms with Crippen molar-refractivity contribution in [3.05, 3.63) is 22.8 Å². The highest BCUT2D eigenvalue weighted by atomic mass is 16.5. The standard InChI is InChI=1S/C16H29N3O/c1-7-15(20-6)16-18-12(4)14(13(5)19-16)9-11(3)10-17-8-2/h11,15,17H,7-10H2,1-6H3. The minimum atomic E-state index is 0.000585. The van der Waals surface area contributed by atoms with Gasteiger partial charge in [-0.05, 0) is 51.3 Å². The molecular formula is C16H29N3O. The molecule has 0 bridgehead atoms. The number of methoxy groups -OCH3 is 1. The van der Waals surface area contributed by atoms with Crippen molar-refractivity contribution in [2.75, 3.05) is 20.2 Å². The van der Waals surface area contributed by atoms with Crippen molar-refractivity contribution in [1.29, 1.82) is 0 Å². The highest BCUT2D eigenvalue weighted by Gasteiger charge is 2.16. The zero-order valence-corrected chi connectivity index (χ0v) is 13.8. The second-order valence-electron chi connectivity index (χ2n) is 5.48. The van der Waals surface area contributed by atoms with E-state index in [-0.39, 0.29) is 6.10 Å². The van der Waals surface area contributed by atoms with E-state index in [4.69, 9.17) is 4.74 Å². The zero-order chi connectivity index (χ0) is 15.1. The minimum absolute atomic E-state index is 0.000585. The second-order valence-corrected chi connectivity index (χ2v) is 5.48. The van der Waals surface area contributed by atoms with Crippen LogP contribution in [-0.2, 0) is 11.2 Å². The molecule has 0 fully saturated rings. The summed E-state index contributed by atoms with van der Waals surface area (Å²) < 4.78 is 5.43. The molecule has 0 radical (unpaired) electrons. The first-order valence-electron chi connectivity index (χ1n) is 7.60. The summed E-state index contributed by atoms with van der Waals surface area (Å²) in [4.78, 5) is 9.31. The third-order valence-corrected chi connectivity index (χ3v) is 3.68. The topological polar surface area (TPSA) is 47.0 Å². The molecule has 20 heavy (non-hydrogen) atoms. The molecule has 0 amide bonds. The number of aromatic nitrogens is 2. The van der Waals surface area contributed by atoms with E-state index >= 15 is 0 Å². The summed E-state index contributed by atoms with van der Waals surface area (Å²) in [7, 11) is 1.72. The van der Waals surface area contributed by atoms with Crippen molar-refractivity contribution < 1.29 is 4.74 Å². The van der Waals surface area contributed by atoms with Gasteiger partial charge in [0, 0.05) is 18.5 Å². The van der Waals surface area contributed by atoms with Crippen molar-refractivity contribution in [3.63, 3.8) is 0 Å². The molecule has 0 saturated carbocycles. The molecule has 114 valence electrons. The Hall–Kier alpha value is -1.00. The summed E-state index contributed by atoms with van der Waals surface area (Å²) in [5.74, 6) is 1.40. The van der Waals surface area contributed by atoms with Crippen molar-refractivity contribution in [2.45, 2.75) is 53.6 Å². The molecule has 2 atom stereocenters. The molecule has 0 aromatic carbocycles. The molecule has 4 nitrogen and oxygen atoms in total. The monoisotopic (exact) mass is 279 g/mol. The maximum atomic E-state index is 5.43. The summed E-state index contributed by atoms with van der Waals surface area (Å²) in [5.41, 5.74) is 3.46. The fraction of sp³-hybridized carbons (Fsp3) is 0.750. The van der Waals surface area contributed by atoms with Crippen LogP contribution in [0.1, 0.15) is 56.1 Å². The Balaban J connectivity index is 2.88. The van der Waals surface area contributed by atoms with Crippen molar-refractivity contribution in [2.24, 2.45) is 5.92 Å². The van der Waals surface area contributed by atoms with Gasteiger partial charge in [0.1, 0.15) is 6.10 Å². The van der Waals surface area contributed by atoms with E-state index in [9.17, 15) is 0 Å². The number of nitrogens with one attached hydrogen (secondary N) is 1. The molecule has 1 aromatic rings. The molecule has 4 heteroatoms. The van der Waals surface area contributed by atoms with E-state index in [1.807, 2.05) is 0 Å². The molecule has 1 N–H and O–H groups in total. The predicted molar refractivity (Wildman–Crippen MR) is 83.0 cm³/mol. The van der Waals surface area contributed by atoms with Gasteiger partial charge < -0.3 is 10.1 Å². The normalized spacial score (nSPS) is 14.3. The maximum Gasteiger partial charge on any atom is 0.157 e. The summed E-state index contributed by atoms with van der Waals surface area (Å²) in [6.45, 7) is 12.7. The molecule has 1 aromatic heterocycles. The molecule has 0 aliphatic rings. The summed E-state index contributed by atoms with van der Waals surface area (Å²) in [6, 6.07) is 0. The Morgan fingerprint density at radius 1 is 1.15 bits per heavy atom. The molecule has 1 heterocycles. The lowest BCUT2D eigenvalue weighted by molar-refractivity contribution is 0.0922. The number of aryl methyl sites for hydroxylation is 2. The fourth-order valence-corrected chi connectivity index (χ4v) is 2.47. The molecule has 2 unspecified atom stereocenters. The van der Waals surface area contributed by atoms with Gasteiger partial charge in [-0.1, -0.05) is 20.8 Å². The first-order chi connectivity index (χ1) is 9.53. The van der Waals surface area contributed by atoms with Crippen LogP contribution in [0.3, 0.4) is 0 Å². The van der Waals surface area contributed by atoms with Crippen molar-refractivity contribution in [1.82, 2.24) is 15.3 Å². The molecule has 1 rings (SSSR count). The first-order valence-corrected chi connectivity index (χ1v) is 7.60. The lowest BCUT2D eigenvalue weighted by atomic mass is 9.98. The number of hydrogen-bond donors (Lipinski definition) is 1. The fourth-order valence-electron chi connectivity index (χ4n) is 2.47. The van der Waals surface area contributed by atoms with Gasteiger partial charge in [0.2, 0.25) is 0 Å². The summed E-state index contributed by atoms with van der Waals surface area (Å²) in [6.07, 6.45) is 1.92. The Morgan fingerprint density at radius 2 is 1.75 bits per heavy atom. The predicted octanol–water partition coefficient (Wildman–Crippen LogP) is 2.98. The van der Waals surface area contributed by atoms with E-state index < -0.39 is 0 Å². The van der Waals surface area contributed by atoms with E-state index in [0.717, 1.165) is 43.1 Å². The third kappa shape index (κ3) is 4.53. The quantitative estimate of drug-likeness (QED) is 0.794. The SMILES string of the molecule is CCNCC(C)Cc1c(C)nc(C(CC)OC)nc1C. The second kappa shape index (κ2) is 8.32. The van der Waals surface area contributed by atoms with Crippen LogP contribution in [0.2, 0.25) is 0 Å². The molecule has 0 saturated heterocycles. The number of nitrogens with zero attached hydrogens (tertiary/aromatic N) is 2. The number of hydrogen-bond acceptors (Lipinski definition) is 4. The Labute approximate surface area is 123 Å². The largest absolute Gasteiger partial charge is 0.373 e. The van der Waals surface area contributed by atoms with Crippen molar-refractivity contribution in [3.8, 4) is 0 Å². The van der Waals surface area contributed by atoms with Crippen LogP contribution < -0.4 is 5.32 Å². The Kier molecular flexibility index (Phi) is 7.10. The number of ether oxygens (including phenoxy) is 1. The molecule has 0 aliphatic heterocycles. The van der Waals surface area contributed by atoms with Crippen LogP contribution >= 0.6 is 0 Å². The van der Waals surface area contributed by atoms with Gasteiger partial charge in [-0.25, -0.2) is 9.97 Å². The zero-order valence-electron chi connectivity index (χ0n) is 13.8. The van der Waals surface area contributed by atoms with Crippen LogP contribution in [0.15, 0.2) is 0 Å². The van der Waals surface area contributed by atoms with Crippen molar-refractivity contribution >= 4 is 0 Å². The van der Waals surface area contributed by atoms with Gasteiger partial charge in [-0.15, -0.1) is 0 Å². The summed E-state index contributed by atoms with van der Waals surface area (Å²) in [5, 5.41) is 3.39. The van der Waals surface area contributed by atoms with Crippen LogP contribution in [-0.4, -0.2) is 30.2 Å². The number of rotatable bonds is 8. The minimum Gasteiger partial charge on any atom is -0.373 e. The Morgan fingerprint density at radius 3 is 2.20 bits per heavy atom. The lowest BCUT2D eigenvalue weighted by Crippen LogP contribution is -2.23. The smallest absolute Gasteiger partial charge is 0.157 e. The van der Waals surface area contributed by atoms with Crippen LogP contribution in [0.25, 0.3) is 0 Å². The van der Waals surface area contributed by atoms with Gasteiger partial charge in [0.25, 0.3) is 0 Å². The van der Waals surface area contributed by atoms with Gasteiger partial charge >= 0.3 is 0 Å². The Bertz CT molecular complexity index is 393. The van der Waals surface area contributed by atoms with Crippen LogP contribution in [0.5, 0.6) is 0 Å². The average Bonchev–Trinajstić information content (AvgIpc) is 2.42. The first kappa shape index (κ1) is 17.1. The third-order valence-electron chi connectivity index (χ3n) is 3.68. The summed E-state index contributed by atoms with van der Waals surface area (Å²) >= 11 is 0. The highest BCUT2D eigenvalue weighted by Crippen LogP contribution is 2.21. The molecule has 0 spiro atoms. The van der Waals surface area contributed by atoms with Gasteiger partial charge in [0.15, 0.2) is 5.82 Å². The van der Waals surface area contributed by atoms with Gasteiger partial charge in [-0.3, -0.25) is 0 Å².